The number of ether oxygens (including phenoxy) is 2. The van der Waals surface area contributed by atoms with E-state index in [1.165, 1.54) is 17.3 Å². The molecule has 1 amide bonds. The van der Waals surface area contributed by atoms with Crippen molar-refractivity contribution in [2.24, 2.45) is 17.8 Å². The molecule has 288 valence electrons. The molecule has 0 aromatic heterocycles. The first-order valence-corrected chi connectivity index (χ1v) is 23.2. The number of hydrogen-bond donors (Lipinski definition) is 2. The zero-order valence-corrected chi connectivity index (χ0v) is 35.9. The molecule has 3 aliphatic rings. The second-order valence-electron chi connectivity index (χ2n) is 16.8. The molecule has 1 aliphatic carbocycles. The van der Waals surface area contributed by atoms with Gasteiger partial charge >= 0.3 is 5.97 Å². The van der Waals surface area contributed by atoms with Crippen LogP contribution in [0.15, 0.2) is 46.5 Å². The molecule has 5 atom stereocenters. The van der Waals surface area contributed by atoms with Crippen LogP contribution < -0.4 is 10.1 Å². The summed E-state index contributed by atoms with van der Waals surface area (Å²) in [6.07, 6.45) is 7.87. The van der Waals surface area contributed by atoms with Crippen LogP contribution in [0.2, 0.25) is 18.1 Å². The summed E-state index contributed by atoms with van der Waals surface area (Å²) in [6.45, 7) is 27.9. The Bertz CT molecular complexity index is 1600. The van der Waals surface area contributed by atoms with Crippen molar-refractivity contribution in [1.82, 2.24) is 10.2 Å². The Balaban J connectivity index is 1.60. The smallest absolute Gasteiger partial charge is 0.355 e. The zero-order valence-electron chi connectivity index (χ0n) is 33.3. The first-order chi connectivity index (χ1) is 24.3. The first-order valence-electron chi connectivity index (χ1n) is 19.0. The molecular formula is C41H62N2O6S2Si. The molecular weight excluding hydrogens is 709 g/mol. The predicted molar refractivity (Wildman–Crippen MR) is 219 cm³/mol. The lowest BCUT2D eigenvalue weighted by atomic mass is 9.73. The fourth-order valence-electron chi connectivity index (χ4n) is 6.99. The van der Waals surface area contributed by atoms with Crippen LogP contribution in [0.3, 0.4) is 0 Å². The van der Waals surface area contributed by atoms with Crippen molar-refractivity contribution >= 4 is 49.3 Å². The molecule has 1 aromatic rings. The van der Waals surface area contributed by atoms with E-state index in [1.807, 2.05) is 39.8 Å². The maximum absolute atomic E-state index is 13.7. The number of thiocarbonyl (C=S) groups is 1. The van der Waals surface area contributed by atoms with Gasteiger partial charge in [0.15, 0.2) is 8.32 Å². The second kappa shape index (κ2) is 17.2. The van der Waals surface area contributed by atoms with Gasteiger partial charge in [0.25, 0.3) is 5.17 Å². The third-order valence-electron chi connectivity index (χ3n) is 10.9. The minimum atomic E-state index is -2.14. The van der Waals surface area contributed by atoms with Crippen LogP contribution in [-0.2, 0) is 25.2 Å². The van der Waals surface area contributed by atoms with Crippen molar-refractivity contribution in [3.05, 3.63) is 57.7 Å². The summed E-state index contributed by atoms with van der Waals surface area (Å²) in [5.41, 5.74) is 4.29. The van der Waals surface area contributed by atoms with Crippen LogP contribution >= 0.6 is 24.0 Å². The third kappa shape index (κ3) is 9.54. The summed E-state index contributed by atoms with van der Waals surface area (Å²) < 4.78 is 18.7. The second-order valence-corrected chi connectivity index (χ2v) is 23.2. The lowest BCUT2D eigenvalue weighted by Crippen LogP contribution is -2.62. The lowest BCUT2D eigenvalue weighted by molar-refractivity contribution is -0.158. The third-order valence-corrected chi connectivity index (χ3v) is 17.1. The Hall–Kier alpha value is -2.60. The Morgan fingerprint density at radius 3 is 2.52 bits per heavy atom. The number of esters is 1. The Kier molecular flexibility index (Phi) is 14.0. The van der Waals surface area contributed by atoms with Gasteiger partial charge in [-0.2, -0.15) is 0 Å². The normalized spacial score (nSPS) is 22.5. The molecule has 0 bridgehead atoms. The molecule has 1 unspecified atom stereocenters. The van der Waals surface area contributed by atoms with Crippen LogP contribution in [0, 0.1) is 17.8 Å². The van der Waals surface area contributed by atoms with E-state index in [0.717, 1.165) is 49.7 Å². The van der Waals surface area contributed by atoms with Crippen LogP contribution in [0.4, 0.5) is 0 Å². The maximum atomic E-state index is 13.7. The number of nitrogens with zero attached hydrogens (tertiary/aromatic N) is 1. The van der Waals surface area contributed by atoms with Crippen molar-refractivity contribution in [2.45, 2.75) is 136 Å². The van der Waals surface area contributed by atoms with Crippen LogP contribution in [0.5, 0.6) is 11.5 Å². The van der Waals surface area contributed by atoms with Crippen molar-refractivity contribution < 1.29 is 28.6 Å². The molecule has 1 fully saturated rings. The van der Waals surface area contributed by atoms with E-state index in [9.17, 15) is 14.7 Å². The van der Waals surface area contributed by atoms with Gasteiger partial charge in [0.1, 0.15) is 22.6 Å². The molecule has 4 rings (SSSR count). The summed E-state index contributed by atoms with van der Waals surface area (Å²) in [6, 6.07) is 3.87. The lowest BCUT2D eigenvalue weighted by Gasteiger charge is -2.48. The predicted octanol–water partition coefficient (Wildman–Crippen LogP) is 9.75. The SMILES string of the molecule is C=C(C)[C@@H]1CCC(C)=C[C@H]1c1c(O)cc(CCCCC)cc1OC(=S)NCC1=C(C(=O)OCC(C)C)N2C(=O)[C@H]([C@@H](C)O[Si](C)(C)C(C)(C)C)C2S1. The number of aryl methyl sites for hydroxylation is 1. The molecule has 2 N–H and O–H groups in total. The fourth-order valence-corrected chi connectivity index (χ4v) is 10.1. The molecule has 8 nitrogen and oxygen atoms in total. The highest BCUT2D eigenvalue weighted by Crippen LogP contribution is 2.52. The number of nitrogens with one attached hydrogen (secondary N) is 1. The molecule has 1 saturated heterocycles. The zero-order chi connectivity index (χ0) is 38.7. The molecule has 1 aromatic carbocycles. The number of unbranched alkanes of at least 4 members (excludes halogenated alkanes) is 2. The Morgan fingerprint density at radius 2 is 1.90 bits per heavy atom. The number of benzene rings is 1. The minimum absolute atomic E-state index is 0.00535. The number of phenolic OH excluding ortho intramolecular Hbond substituents is 1. The summed E-state index contributed by atoms with van der Waals surface area (Å²) in [5, 5.41) is 14.6. The standard InChI is InChI=1S/C41H62N2O6S2Si/c1-13-14-15-16-28-20-31(44)35(30-19-26(6)17-18-29(30)25(4)5)32(21-28)48-40(50)42-22-33-36(39(46)47-23-24(2)3)43-37(45)34(38(43)51-33)27(7)49-52(11,12)41(8,9)10/h19-21,24,27,29-30,34,38,44H,4,13-18,22-23H2,1-3,5-12H3,(H,42,50)/t27-,29+,30-,34+,38?/m1/s1. The number of amides is 1. The van der Waals surface area contributed by atoms with Crippen molar-refractivity contribution in [3.8, 4) is 11.5 Å². The van der Waals surface area contributed by atoms with Gasteiger partial charge in [-0.05, 0) is 106 Å². The molecule has 11 heteroatoms. The summed E-state index contributed by atoms with van der Waals surface area (Å²) in [5.74, 6) is -0.126. The van der Waals surface area contributed by atoms with Gasteiger partial charge < -0.3 is 24.3 Å². The Morgan fingerprint density at radius 1 is 1.21 bits per heavy atom. The average molecular weight is 771 g/mol. The highest BCUT2D eigenvalue weighted by atomic mass is 32.2. The number of fused-ring (bicyclic) bond motifs is 1. The highest BCUT2D eigenvalue weighted by Gasteiger charge is 2.59. The number of allylic oxidation sites excluding steroid dienone is 3. The number of β-lactam (4-membered cyclic amide) rings is 1. The topological polar surface area (TPSA) is 97.3 Å². The van der Waals surface area contributed by atoms with E-state index in [-0.39, 0.29) is 75.9 Å². The first kappa shape index (κ1) is 42.1. The van der Waals surface area contributed by atoms with Crippen LogP contribution in [0.1, 0.15) is 111 Å². The highest BCUT2D eigenvalue weighted by molar-refractivity contribution is 8.04. The van der Waals surface area contributed by atoms with Gasteiger partial charge in [0.05, 0.1) is 25.2 Å². The number of rotatable bonds is 15. The average Bonchev–Trinajstić information content (AvgIpc) is 3.35. The molecule has 0 spiro atoms. The fraction of sp³-hybridized carbons (Fsp3) is 0.634. The van der Waals surface area contributed by atoms with E-state index >= 15 is 0 Å². The monoisotopic (exact) mass is 770 g/mol. The summed E-state index contributed by atoms with van der Waals surface area (Å²) in [7, 11) is -2.14. The van der Waals surface area contributed by atoms with Gasteiger partial charge in [0, 0.05) is 16.4 Å². The largest absolute Gasteiger partial charge is 0.507 e. The summed E-state index contributed by atoms with van der Waals surface area (Å²) >= 11 is 7.27. The van der Waals surface area contributed by atoms with Crippen molar-refractivity contribution in [2.75, 3.05) is 13.2 Å². The number of aromatic hydroxyl groups is 1. The van der Waals surface area contributed by atoms with Crippen molar-refractivity contribution in [3.63, 3.8) is 0 Å². The van der Waals surface area contributed by atoms with Crippen molar-refractivity contribution in [1.29, 1.82) is 0 Å². The molecule has 0 saturated carbocycles. The molecule has 2 aliphatic heterocycles. The van der Waals surface area contributed by atoms with E-state index in [1.54, 1.807) is 4.90 Å². The Labute approximate surface area is 323 Å². The summed E-state index contributed by atoms with van der Waals surface area (Å²) in [4.78, 5) is 29.5. The van der Waals surface area contributed by atoms with Gasteiger partial charge in [-0.3, -0.25) is 9.69 Å². The van der Waals surface area contributed by atoms with E-state index in [0.29, 0.717) is 16.2 Å². The van der Waals surface area contributed by atoms with E-state index in [4.69, 9.17) is 26.1 Å². The van der Waals surface area contributed by atoms with Gasteiger partial charge in [-0.25, -0.2) is 4.79 Å². The van der Waals surface area contributed by atoms with Gasteiger partial charge in [0.2, 0.25) is 5.91 Å². The van der Waals surface area contributed by atoms with Crippen LogP contribution in [-0.4, -0.2) is 60.0 Å². The van der Waals surface area contributed by atoms with Gasteiger partial charge in [-0.1, -0.05) is 89.9 Å². The number of carbonyl (C=O) groups is 2. The van der Waals surface area contributed by atoms with Crippen LogP contribution in [0.25, 0.3) is 0 Å². The molecule has 2 heterocycles. The maximum Gasteiger partial charge on any atom is 0.355 e. The number of thioether (sulfide) groups is 1. The molecule has 52 heavy (non-hydrogen) atoms. The number of carbonyl (C=O) groups excluding carboxylic acids is 2. The molecule has 0 radical (unpaired) electrons. The number of hydrogen-bond acceptors (Lipinski definition) is 8. The number of phenols is 1. The minimum Gasteiger partial charge on any atom is -0.507 e. The van der Waals surface area contributed by atoms with Gasteiger partial charge in [-0.15, -0.1) is 0 Å². The van der Waals surface area contributed by atoms with E-state index < -0.39 is 14.3 Å². The quantitative estimate of drug-likeness (QED) is 0.0451. The van der Waals surface area contributed by atoms with E-state index in [2.05, 4.69) is 65.7 Å².